The minimum atomic E-state index is -0.110. The van der Waals surface area contributed by atoms with Crippen LogP contribution in [-0.4, -0.2) is 0 Å². The molecule has 0 radical (unpaired) electrons. The lowest BCUT2D eigenvalue weighted by Crippen LogP contribution is -2.43. The molecule has 0 N–H and O–H groups in total. The summed E-state index contributed by atoms with van der Waals surface area (Å²) < 4.78 is 0. The molecule has 0 unspecified atom stereocenters. The number of anilines is 3. The van der Waals surface area contributed by atoms with Crippen molar-refractivity contribution in [3.05, 3.63) is 139 Å². The van der Waals surface area contributed by atoms with Crippen molar-refractivity contribution in [3.63, 3.8) is 0 Å². The molecule has 0 aromatic heterocycles. The summed E-state index contributed by atoms with van der Waals surface area (Å²) in [6, 6.07) is 46.5. The van der Waals surface area contributed by atoms with Crippen molar-refractivity contribution in [3.8, 4) is 11.1 Å². The molecule has 0 spiro atoms. The maximum Gasteiger partial charge on any atom is 0.0506 e. The molecule has 1 heteroatoms. The molecule has 0 fully saturated rings. The third-order valence-electron chi connectivity index (χ3n) is 9.35. The van der Waals surface area contributed by atoms with E-state index < -0.39 is 0 Å². The van der Waals surface area contributed by atoms with Crippen molar-refractivity contribution in [2.75, 3.05) is 4.90 Å². The van der Waals surface area contributed by atoms with E-state index in [4.69, 9.17) is 0 Å². The van der Waals surface area contributed by atoms with Crippen LogP contribution in [0.2, 0.25) is 0 Å². The van der Waals surface area contributed by atoms with Crippen molar-refractivity contribution in [2.24, 2.45) is 0 Å². The SMILES string of the molecule is CC1(C)c2cccc3ccc4ccc(N(c5ccccc5)c5ccc(-c6ccccc6)cc5)c(c4c23)C1(C)C. The standard InChI is InChI=1S/C38H33N/c1-37(2)32-17-11-14-28-18-19-29-22-25-33(36(38(37,3)4)35(29)34(28)32)39(30-15-9-6-10-16-30)31-23-20-27(21-24-31)26-12-7-5-8-13-26/h5-25H,1-4H3. The van der Waals surface area contributed by atoms with Crippen LogP contribution in [0.15, 0.2) is 127 Å². The molecule has 0 aliphatic heterocycles. The van der Waals surface area contributed by atoms with Gasteiger partial charge in [0.2, 0.25) is 0 Å². The van der Waals surface area contributed by atoms with Crippen LogP contribution in [0.3, 0.4) is 0 Å². The predicted molar refractivity (Wildman–Crippen MR) is 168 cm³/mol. The van der Waals surface area contributed by atoms with Crippen molar-refractivity contribution < 1.29 is 0 Å². The molecule has 1 aliphatic rings. The van der Waals surface area contributed by atoms with Gasteiger partial charge in [-0.25, -0.2) is 0 Å². The van der Waals surface area contributed by atoms with Crippen molar-refractivity contribution >= 4 is 38.6 Å². The van der Waals surface area contributed by atoms with Crippen LogP contribution in [0.25, 0.3) is 32.7 Å². The summed E-state index contributed by atoms with van der Waals surface area (Å²) in [6.45, 7) is 9.70. The number of benzene rings is 6. The van der Waals surface area contributed by atoms with Crippen molar-refractivity contribution in [2.45, 2.75) is 38.5 Å². The van der Waals surface area contributed by atoms with Gasteiger partial charge in [0.1, 0.15) is 0 Å². The highest BCUT2D eigenvalue weighted by molar-refractivity contribution is 6.15. The number of hydrogen-bond donors (Lipinski definition) is 0. The molecule has 6 aromatic rings. The van der Waals surface area contributed by atoms with E-state index in [1.807, 2.05) is 0 Å². The Labute approximate surface area is 231 Å². The minimum absolute atomic E-state index is 0.0522. The highest BCUT2D eigenvalue weighted by Crippen LogP contribution is 2.57. The number of rotatable bonds is 4. The lowest BCUT2D eigenvalue weighted by molar-refractivity contribution is 0.305. The molecule has 0 amide bonds. The molecule has 39 heavy (non-hydrogen) atoms. The van der Waals surface area contributed by atoms with Gasteiger partial charge in [0.05, 0.1) is 5.69 Å². The summed E-state index contributed by atoms with van der Waals surface area (Å²) in [5.41, 5.74) is 8.74. The van der Waals surface area contributed by atoms with E-state index in [1.165, 1.54) is 55.2 Å². The van der Waals surface area contributed by atoms with E-state index in [1.54, 1.807) is 0 Å². The lowest BCUT2D eigenvalue weighted by Gasteiger charge is -2.49. The first-order chi connectivity index (χ1) is 18.9. The Morgan fingerprint density at radius 1 is 0.436 bits per heavy atom. The zero-order valence-electron chi connectivity index (χ0n) is 23.1. The second kappa shape index (κ2) is 8.58. The van der Waals surface area contributed by atoms with E-state index in [0.29, 0.717) is 0 Å². The number of para-hydroxylation sites is 1. The maximum absolute atomic E-state index is 2.45. The summed E-state index contributed by atoms with van der Waals surface area (Å²) in [6.07, 6.45) is 0. The fourth-order valence-electron chi connectivity index (χ4n) is 6.61. The molecular formula is C38H33N. The number of hydrogen-bond acceptors (Lipinski definition) is 1. The Balaban J connectivity index is 1.53. The van der Waals surface area contributed by atoms with E-state index in [0.717, 1.165) is 5.69 Å². The van der Waals surface area contributed by atoms with Crippen LogP contribution in [0.1, 0.15) is 38.8 Å². The largest absolute Gasteiger partial charge is 0.310 e. The van der Waals surface area contributed by atoms with Crippen molar-refractivity contribution in [1.29, 1.82) is 0 Å². The second-order valence-corrected chi connectivity index (χ2v) is 11.9. The molecule has 0 saturated carbocycles. The molecule has 7 rings (SSSR count). The third-order valence-corrected chi connectivity index (χ3v) is 9.35. The Bertz CT molecular complexity index is 1830. The maximum atomic E-state index is 2.45. The van der Waals surface area contributed by atoms with E-state index in [-0.39, 0.29) is 10.8 Å². The fourth-order valence-corrected chi connectivity index (χ4v) is 6.61. The van der Waals surface area contributed by atoms with Crippen LogP contribution < -0.4 is 4.90 Å². The number of nitrogens with zero attached hydrogens (tertiary/aromatic N) is 1. The smallest absolute Gasteiger partial charge is 0.0506 e. The highest BCUT2D eigenvalue weighted by Gasteiger charge is 2.46. The Morgan fingerprint density at radius 3 is 1.69 bits per heavy atom. The molecule has 190 valence electrons. The predicted octanol–water partition coefficient (Wildman–Crippen LogP) is 10.7. The normalized spacial score (nSPS) is 15.1. The van der Waals surface area contributed by atoms with Gasteiger partial charge in [-0.1, -0.05) is 125 Å². The van der Waals surface area contributed by atoms with Crippen LogP contribution in [0.5, 0.6) is 0 Å². The van der Waals surface area contributed by atoms with Crippen LogP contribution >= 0.6 is 0 Å². The monoisotopic (exact) mass is 503 g/mol. The van der Waals surface area contributed by atoms with Gasteiger partial charge in [-0.15, -0.1) is 0 Å². The van der Waals surface area contributed by atoms with Gasteiger partial charge >= 0.3 is 0 Å². The third kappa shape index (κ3) is 3.46. The Kier molecular flexibility index (Phi) is 5.22. The molecule has 0 saturated heterocycles. The zero-order valence-corrected chi connectivity index (χ0v) is 23.1. The zero-order chi connectivity index (χ0) is 26.8. The molecule has 1 aliphatic carbocycles. The minimum Gasteiger partial charge on any atom is -0.310 e. The Morgan fingerprint density at radius 2 is 1.00 bits per heavy atom. The lowest BCUT2D eigenvalue weighted by atomic mass is 9.56. The average molecular weight is 504 g/mol. The topological polar surface area (TPSA) is 3.24 Å². The molecular weight excluding hydrogens is 470 g/mol. The first-order valence-corrected chi connectivity index (χ1v) is 13.9. The Hall–Kier alpha value is -4.36. The summed E-state index contributed by atoms with van der Waals surface area (Å²) in [7, 11) is 0. The van der Waals surface area contributed by atoms with Gasteiger partial charge in [-0.05, 0) is 79.5 Å². The summed E-state index contributed by atoms with van der Waals surface area (Å²) >= 11 is 0. The quantitative estimate of drug-likeness (QED) is 0.216. The van der Waals surface area contributed by atoms with Gasteiger partial charge in [-0.2, -0.15) is 0 Å². The van der Waals surface area contributed by atoms with Gasteiger partial charge in [-0.3, -0.25) is 0 Å². The molecule has 6 aromatic carbocycles. The average Bonchev–Trinajstić information content (AvgIpc) is 2.97. The summed E-state index contributed by atoms with van der Waals surface area (Å²) in [5.74, 6) is 0. The summed E-state index contributed by atoms with van der Waals surface area (Å²) in [5, 5.41) is 5.43. The molecule has 0 atom stereocenters. The van der Waals surface area contributed by atoms with E-state index >= 15 is 0 Å². The molecule has 1 nitrogen and oxygen atoms in total. The first-order valence-electron chi connectivity index (χ1n) is 13.9. The first kappa shape index (κ1) is 23.7. The van der Waals surface area contributed by atoms with E-state index in [9.17, 15) is 0 Å². The van der Waals surface area contributed by atoms with Gasteiger partial charge in [0.15, 0.2) is 0 Å². The molecule has 0 heterocycles. The van der Waals surface area contributed by atoms with Gasteiger partial charge in [0, 0.05) is 16.8 Å². The highest BCUT2D eigenvalue weighted by atomic mass is 15.1. The van der Waals surface area contributed by atoms with Gasteiger partial charge in [0.25, 0.3) is 0 Å². The summed E-state index contributed by atoms with van der Waals surface area (Å²) in [4.78, 5) is 2.45. The molecule has 0 bridgehead atoms. The van der Waals surface area contributed by atoms with Crippen molar-refractivity contribution in [1.82, 2.24) is 0 Å². The second-order valence-electron chi connectivity index (χ2n) is 11.9. The van der Waals surface area contributed by atoms with E-state index in [2.05, 4.69) is 160 Å². The van der Waals surface area contributed by atoms with Gasteiger partial charge < -0.3 is 4.90 Å². The van der Waals surface area contributed by atoms with Crippen LogP contribution in [0, 0.1) is 0 Å². The van der Waals surface area contributed by atoms with Crippen LogP contribution in [-0.2, 0) is 10.8 Å². The fraction of sp³-hybridized carbons (Fsp3) is 0.158. The van der Waals surface area contributed by atoms with Crippen LogP contribution in [0.4, 0.5) is 17.1 Å².